The Kier molecular flexibility index (Phi) is 8.12. The molecule has 0 aromatic carbocycles. The first-order chi connectivity index (χ1) is 14.7. The lowest BCUT2D eigenvalue weighted by atomic mass is 9.95. The molecule has 0 aliphatic carbocycles. The SMILES string of the molecule is CC[NH+](CC)CCCNc1[nH+]c(NCc2ccco2)c2c(c1C#N)CC[NH+](CC)C2. The van der Waals surface area contributed by atoms with E-state index in [1.54, 1.807) is 16.1 Å². The van der Waals surface area contributed by atoms with E-state index in [0.29, 0.717) is 6.54 Å². The standard InChI is InChI=1S/C23H34N6O/c1-4-28(5-2)12-8-11-25-22-20(15-24)19-10-13-29(6-3)17-21(19)23(27-22)26-16-18-9-7-14-30-18/h7,9,14H,4-6,8,10-13,16-17H2,1-3H3,(H2,25,26,27)/p+3. The molecular weight excluding hydrogens is 376 g/mol. The molecule has 0 fully saturated rings. The van der Waals surface area contributed by atoms with Crippen LogP contribution in [0.2, 0.25) is 0 Å². The maximum Gasteiger partial charge on any atom is 0.237 e. The summed E-state index contributed by atoms with van der Waals surface area (Å²) in [6.07, 6.45) is 3.71. The van der Waals surface area contributed by atoms with Crippen LogP contribution in [0.4, 0.5) is 11.6 Å². The van der Waals surface area contributed by atoms with Gasteiger partial charge in [-0.25, -0.2) is 4.98 Å². The van der Waals surface area contributed by atoms with Gasteiger partial charge in [-0.2, -0.15) is 5.26 Å². The van der Waals surface area contributed by atoms with Gasteiger partial charge in [0, 0.05) is 12.8 Å². The summed E-state index contributed by atoms with van der Waals surface area (Å²) >= 11 is 0. The zero-order valence-electron chi connectivity index (χ0n) is 18.7. The van der Waals surface area contributed by atoms with Gasteiger partial charge in [-0.05, 0) is 38.5 Å². The second-order valence-electron chi connectivity index (χ2n) is 8.02. The lowest BCUT2D eigenvalue weighted by molar-refractivity contribution is -0.914. The minimum absolute atomic E-state index is 0.619. The molecule has 0 saturated heterocycles. The molecule has 7 heteroatoms. The summed E-state index contributed by atoms with van der Waals surface area (Å²) in [6, 6.07) is 6.35. The molecule has 1 aliphatic rings. The molecule has 0 radical (unpaired) electrons. The fourth-order valence-corrected chi connectivity index (χ4v) is 4.28. The summed E-state index contributed by atoms with van der Waals surface area (Å²) in [5, 5.41) is 17.0. The highest BCUT2D eigenvalue weighted by Gasteiger charge is 2.29. The van der Waals surface area contributed by atoms with Gasteiger partial charge in [0.1, 0.15) is 30.5 Å². The third-order valence-electron chi connectivity index (χ3n) is 6.26. The van der Waals surface area contributed by atoms with Gasteiger partial charge in [-0.1, -0.05) is 0 Å². The fourth-order valence-electron chi connectivity index (χ4n) is 4.28. The number of likely N-dealkylation sites (N-methyl/N-ethyl adjacent to an activating group) is 1. The van der Waals surface area contributed by atoms with Crippen LogP contribution in [-0.2, 0) is 19.5 Å². The Morgan fingerprint density at radius 2 is 2.03 bits per heavy atom. The smallest absolute Gasteiger partial charge is 0.237 e. The Morgan fingerprint density at radius 1 is 1.20 bits per heavy atom. The van der Waals surface area contributed by atoms with Crippen molar-refractivity contribution in [2.75, 3.05) is 49.9 Å². The number of quaternary nitrogens is 2. The molecule has 1 aliphatic heterocycles. The molecule has 0 spiro atoms. The summed E-state index contributed by atoms with van der Waals surface area (Å²) in [5.74, 6) is 2.74. The first kappa shape index (κ1) is 22.1. The van der Waals surface area contributed by atoms with Gasteiger partial charge in [0.05, 0.1) is 51.1 Å². The number of fused-ring (bicyclic) bond motifs is 1. The minimum Gasteiger partial charge on any atom is -0.466 e. The molecule has 0 saturated carbocycles. The summed E-state index contributed by atoms with van der Waals surface area (Å²) in [4.78, 5) is 6.66. The Hall–Kier alpha value is -2.56. The third-order valence-corrected chi connectivity index (χ3v) is 6.26. The van der Waals surface area contributed by atoms with E-state index in [9.17, 15) is 5.26 Å². The summed E-state index contributed by atoms with van der Waals surface area (Å²) < 4.78 is 5.49. The van der Waals surface area contributed by atoms with Crippen molar-refractivity contribution >= 4 is 11.6 Å². The number of rotatable bonds is 11. The van der Waals surface area contributed by atoms with Gasteiger partial charge in [0.15, 0.2) is 0 Å². The number of H-pyrrole nitrogens is 1. The van der Waals surface area contributed by atoms with Crippen LogP contribution >= 0.6 is 0 Å². The maximum atomic E-state index is 9.93. The van der Waals surface area contributed by atoms with E-state index in [1.165, 1.54) is 11.1 Å². The Balaban J connectivity index is 1.81. The average Bonchev–Trinajstić information content (AvgIpc) is 3.30. The van der Waals surface area contributed by atoms with E-state index in [0.717, 1.165) is 81.6 Å². The predicted octanol–water partition coefficient (Wildman–Crippen LogP) is 0.265. The minimum atomic E-state index is 0.619. The van der Waals surface area contributed by atoms with Crippen molar-refractivity contribution < 1.29 is 19.2 Å². The van der Waals surface area contributed by atoms with Gasteiger partial charge in [0.25, 0.3) is 0 Å². The van der Waals surface area contributed by atoms with Crippen LogP contribution in [0, 0.1) is 11.3 Å². The number of furan rings is 1. The largest absolute Gasteiger partial charge is 0.466 e. The first-order valence-corrected chi connectivity index (χ1v) is 11.4. The Morgan fingerprint density at radius 3 is 2.70 bits per heavy atom. The normalized spacial score (nSPS) is 15.6. The molecule has 1 atom stereocenters. The lowest BCUT2D eigenvalue weighted by Gasteiger charge is -2.26. The van der Waals surface area contributed by atoms with Gasteiger partial charge in [0.2, 0.25) is 11.6 Å². The van der Waals surface area contributed by atoms with Gasteiger partial charge >= 0.3 is 0 Å². The molecule has 5 N–H and O–H groups in total. The number of nitrogens with one attached hydrogen (secondary N) is 5. The number of aromatic nitrogens is 1. The molecule has 3 rings (SSSR count). The molecule has 3 heterocycles. The van der Waals surface area contributed by atoms with E-state index >= 15 is 0 Å². The van der Waals surface area contributed by atoms with Crippen LogP contribution in [0.25, 0.3) is 0 Å². The van der Waals surface area contributed by atoms with Crippen molar-refractivity contribution in [3.05, 3.63) is 40.8 Å². The molecule has 30 heavy (non-hydrogen) atoms. The van der Waals surface area contributed by atoms with Gasteiger partial charge < -0.3 is 19.5 Å². The van der Waals surface area contributed by atoms with Gasteiger partial charge in [-0.15, -0.1) is 0 Å². The quantitative estimate of drug-likeness (QED) is 0.399. The molecule has 2 aromatic rings. The van der Waals surface area contributed by atoms with E-state index in [-0.39, 0.29) is 0 Å². The molecule has 1 unspecified atom stereocenters. The molecule has 7 nitrogen and oxygen atoms in total. The third kappa shape index (κ3) is 5.32. The number of hydrogen-bond donors (Lipinski definition) is 4. The van der Waals surface area contributed by atoms with Crippen LogP contribution in [0.1, 0.15) is 49.6 Å². The highest BCUT2D eigenvalue weighted by Crippen LogP contribution is 2.26. The van der Waals surface area contributed by atoms with E-state index in [2.05, 4.69) is 42.5 Å². The number of nitriles is 1. The van der Waals surface area contributed by atoms with Crippen LogP contribution in [0.3, 0.4) is 0 Å². The summed E-state index contributed by atoms with van der Waals surface area (Å²) in [6.45, 7) is 14.7. The molecule has 2 aromatic heterocycles. The molecular formula is C23H37N6O+3. The zero-order chi connectivity index (χ0) is 21.3. The summed E-state index contributed by atoms with van der Waals surface area (Å²) in [7, 11) is 0. The zero-order valence-corrected chi connectivity index (χ0v) is 18.7. The summed E-state index contributed by atoms with van der Waals surface area (Å²) in [5.41, 5.74) is 3.20. The van der Waals surface area contributed by atoms with Crippen molar-refractivity contribution in [1.82, 2.24) is 0 Å². The number of nitrogens with zero attached hydrogens (tertiary/aromatic N) is 1. The van der Waals surface area contributed by atoms with E-state index < -0.39 is 0 Å². The topological polar surface area (TPSA) is 84.0 Å². The fraction of sp³-hybridized carbons (Fsp3) is 0.565. The van der Waals surface area contributed by atoms with E-state index in [1.807, 2.05) is 12.1 Å². The molecule has 0 bridgehead atoms. The van der Waals surface area contributed by atoms with Crippen molar-refractivity contribution in [2.45, 2.75) is 46.7 Å². The number of aromatic amines is 1. The predicted molar refractivity (Wildman–Crippen MR) is 118 cm³/mol. The Labute approximate surface area is 180 Å². The van der Waals surface area contributed by atoms with Crippen molar-refractivity contribution in [2.24, 2.45) is 0 Å². The first-order valence-electron chi connectivity index (χ1n) is 11.4. The molecule has 0 amide bonds. The maximum absolute atomic E-state index is 9.93. The lowest BCUT2D eigenvalue weighted by Crippen LogP contribution is -3.11. The van der Waals surface area contributed by atoms with Crippen LogP contribution < -0.4 is 25.4 Å². The van der Waals surface area contributed by atoms with E-state index in [4.69, 9.17) is 4.42 Å². The van der Waals surface area contributed by atoms with Crippen molar-refractivity contribution in [3.63, 3.8) is 0 Å². The average molecular weight is 414 g/mol. The second kappa shape index (κ2) is 11.0. The number of pyridine rings is 1. The van der Waals surface area contributed by atoms with Crippen molar-refractivity contribution in [3.8, 4) is 6.07 Å². The van der Waals surface area contributed by atoms with Crippen LogP contribution in [0.15, 0.2) is 22.8 Å². The second-order valence-corrected chi connectivity index (χ2v) is 8.02. The Bertz CT molecular complexity index is 838. The monoisotopic (exact) mass is 413 g/mol. The van der Waals surface area contributed by atoms with Crippen LogP contribution in [-0.4, -0.2) is 39.3 Å². The molecule has 162 valence electrons. The number of anilines is 2. The van der Waals surface area contributed by atoms with Gasteiger partial charge in [-0.3, -0.25) is 5.32 Å². The highest BCUT2D eigenvalue weighted by atomic mass is 16.3. The number of hydrogen-bond acceptors (Lipinski definition) is 4. The van der Waals surface area contributed by atoms with Crippen LogP contribution in [0.5, 0.6) is 0 Å². The highest BCUT2D eigenvalue weighted by molar-refractivity contribution is 5.60. The van der Waals surface area contributed by atoms with Crippen molar-refractivity contribution in [1.29, 1.82) is 5.26 Å².